The van der Waals surface area contributed by atoms with Crippen LogP contribution in [0.2, 0.25) is 0 Å². The maximum atomic E-state index is 5.85. The molecule has 1 aromatic rings. The van der Waals surface area contributed by atoms with Crippen LogP contribution in [0.5, 0.6) is 11.5 Å². The van der Waals surface area contributed by atoms with Crippen LogP contribution in [-0.2, 0) is 0 Å². The summed E-state index contributed by atoms with van der Waals surface area (Å²) in [5, 5.41) is 0. The summed E-state index contributed by atoms with van der Waals surface area (Å²) < 4.78 is 11.5. The van der Waals surface area contributed by atoms with Crippen LogP contribution in [0.3, 0.4) is 0 Å². The first-order chi connectivity index (χ1) is 9.73. The highest BCUT2D eigenvalue weighted by atomic mass is 16.5. The molecule has 0 bridgehead atoms. The Labute approximate surface area is 120 Å². The van der Waals surface area contributed by atoms with Crippen molar-refractivity contribution in [2.24, 2.45) is 11.3 Å². The highest BCUT2D eigenvalue weighted by Crippen LogP contribution is 2.47. The number of hydrogen-bond donors (Lipinski definition) is 2. The van der Waals surface area contributed by atoms with E-state index in [-0.39, 0.29) is 11.5 Å². The molecule has 1 aliphatic carbocycles. The normalized spacial score (nSPS) is 22.3. The van der Waals surface area contributed by atoms with Gasteiger partial charge in [0.2, 0.25) is 0 Å². The van der Waals surface area contributed by atoms with Gasteiger partial charge >= 0.3 is 0 Å². The molecule has 20 heavy (non-hydrogen) atoms. The Morgan fingerprint density at radius 2 is 1.80 bits per heavy atom. The number of hydrogen-bond acceptors (Lipinski definition) is 4. The van der Waals surface area contributed by atoms with Crippen molar-refractivity contribution in [2.45, 2.75) is 45.1 Å². The van der Waals surface area contributed by atoms with Gasteiger partial charge in [-0.25, -0.2) is 0 Å². The Morgan fingerprint density at radius 3 is 2.50 bits per heavy atom. The molecular formula is C16H24N2O2. The first kappa shape index (κ1) is 13.7. The van der Waals surface area contributed by atoms with E-state index in [1.165, 1.54) is 31.2 Å². The zero-order valence-corrected chi connectivity index (χ0v) is 12.2. The van der Waals surface area contributed by atoms with Crippen molar-refractivity contribution in [3.05, 3.63) is 23.8 Å². The molecular weight excluding hydrogens is 252 g/mol. The standard InChI is InChI=1S/C16H24N2O2/c1-16(7-2-3-8-16)15(18-17)12-5-6-13-14(11-12)20-10-4-9-19-13/h5-6,11,15,18H,2-4,7-10,17H2,1H3. The fourth-order valence-corrected chi connectivity index (χ4v) is 3.53. The average molecular weight is 276 g/mol. The van der Waals surface area contributed by atoms with E-state index in [4.69, 9.17) is 15.3 Å². The minimum Gasteiger partial charge on any atom is -0.490 e. The third-order valence-corrected chi connectivity index (χ3v) is 4.71. The second kappa shape index (κ2) is 5.62. The summed E-state index contributed by atoms with van der Waals surface area (Å²) in [6.45, 7) is 3.77. The number of nitrogens with two attached hydrogens (primary N) is 1. The topological polar surface area (TPSA) is 56.5 Å². The fraction of sp³-hybridized carbons (Fsp3) is 0.625. The van der Waals surface area contributed by atoms with Gasteiger partial charge < -0.3 is 9.47 Å². The minimum absolute atomic E-state index is 0.169. The van der Waals surface area contributed by atoms with Gasteiger partial charge in [0.15, 0.2) is 11.5 Å². The first-order valence-electron chi connectivity index (χ1n) is 7.59. The van der Waals surface area contributed by atoms with Crippen molar-refractivity contribution in [3.8, 4) is 11.5 Å². The highest BCUT2D eigenvalue weighted by Gasteiger charge is 2.37. The van der Waals surface area contributed by atoms with Crippen molar-refractivity contribution in [1.29, 1.82) is 0 Å². The van der Waals surface area contributed by atoms with Crippen LogP contribution in [0.15, 0.2) is 18.2 Å². The first-order valence-corrected chi connectivity index (χ1v) is 7.59. The second-order valence-corrected chi connectivity index (χ2v) is 6.22. The molecule has 1 heterocycles. The molecule has 1 saturated carbocycles. The van der Waals surface area contributed by atoms with Crippen LogP contribution in [0.25, 0.3) is 0 Å². The summed E-state index contributed by atoms with van der Waals surface area (Å²) in [7, 11) is 0. The van der Waals surface area contributed by atoms with Crippen LogP contribution < -0.4 is 20.7 Å². The van der Waals surface area contributed by atoms with Crippen molar-refractivity contribution < 1.29 is 9.47 Å². The van der Waals surface area contributed by atoms with Gasteiger partial charge in [-0.1, -0.05) is 25.8 Å². The van der Waals surface area contributed by atoms with E-state index in [1.807, 2.05) is 6.07 Å². The zero-order chi connectivity index (χ0) is 14.0. The smallest absolute Gasteiger partial charge is 0.161 e. The maximum absolute atomic E-state index is 5.85. The fourth-order valence-electron chi connectivity index (χ4n) is 3.53. The molecule has 1 aromatic carbocycles. The minimum atomic E-state index is 0.169. The van der Waals surface area contributed by atoms with Crippen LogP contribution in [0, 0.1) is 5.41 Å². The van der Waals surface area contributed by atoms with Gasteiger partial charge in [0.05, 0.1) is 19.3 Å². The van der Waals surface area contributed by atoms with E-state index in [0.29, 0.717) is 6.61 Å². The molecule has 0 radical (unpaired) electrons. The Bertz CT molecular complexity index is 470. The van der Waals surface area contributed by atoms with E-state index in [2.05, 4.69) is 24.5 Å². The van der Waals surface area contributed by atoms with E-state index in [0.717, 1.165) is 24.5 Å². The van der Waals surface area contributed by atoms with Gasteiger partial charge in [0.1, 0.15) is 0 Å². The van der Waals surface area contributed by atoms with E-state index in [9.17, 15) is 0 Å². The Hall–Kier alpha value is -1.26. The quantitative estimate of drug-likeness (QED) is 0.658. The summed E-state index contributed by atoms with van der Waals surface area (Å²) in [4.78, 5) is 0. The molecule has 3 rings (SSSR count). The van der Waals surface area contributed by atoms with Gasteiger partial charge in [-0.15, -0.1) is 0 Å². The Morgan fingerprint density at radius 1 is 1.10 bits per heavy atom. The Kier molecular flexibility index (Phi) is 3.85. The summed E-state index contributed by atoms with van der Waals surface area (Å²) >= 11 is 0. The van der Waals surface area contributed by atoms with Gasteiger partial charge in [-0.05, 0) is 36.0 Å². The largest absolute Gasteiger partial charge is 0.490 e. The molecule has 4 heteroatoms. The molecule has 1 atom stereocenters. The van der Waals surface area contributed by atoms with E-state index < -0.39 is 0 Å². The number of fused-ring (bicyclic) bond motifs is 1. The number of benzene rings is 1. The molecule has 3 N–H and O–H groups in total. The molecule has 1 aliphatic heterocycles. The van der Waals surface area contributed by atoms with Crippen LogP contribution >= 0.6 is 0 Å². The van der Waals surface area contributed by atoms with Gasteiger partial charge in [0, 0.05) is 6.42 Å². The monoisotopic (exact) mass is 276 g/mol. The average Bonchev–Trinajstić information content (AvgIpc) is 2.75. The Balaban J connectivity index is 1.90. The molecule has 110 valence electrons. The lowest BCUT2D eigenvalue weighted by molar-refractivity contribution is 0.224. The number of nitrogens with one attached hydrogen (secondary N) is 1. The van der Waals surface area contributed by atoms with Crippen LogP contribution in [0.4, 0.5) is 0 Å². The maximum Gasteiger partial charge on any atom is 0.161 e. The predicted molar refractivity (Wildman–Crippen MR) is 78.7 cm³/mol. The summed E-state index contributed by atoms with van der Waals surface area (Å²) in [6.07, 6.45) is 5.95. The lowest BCUT2D eigenvalue weighted by Gasteiger charge is -2.34. The van der Waals surface area contributed by atoms with Gasteiger partial charge in [0.25, 0.3) is 0 Å². The molecule has 0 aromatic heterocycles. The molecule has 0 saturated heterocycles. The van der Waals surface area contributed by atoms with Crippen molar-refractivity contribution in [3.63, 3.8) is 0 Å². The SMILES string of the molecule is CC1(C(NN)c2ccc3c(c2)OCCCO3)CCCC1. The van der Waals surface area contributed by atoms with Crippen LogP contribution in [0.1, 0.15) is 50.6 Å². The van der Waals surface area contributed by atoms with E-state index >= 15 is 0 Å². The lowest BCUT2D eigenvalue weighted by Crippen LogP contribution is -2.38. The number of rotatable bonds is 3. The molecule has 0 amide bonds. The van der Waals surface area contributed by atoms with Gasteiger partial charge in [-0.3, -0.25) is 11.3 Å². The van der Waals surface area contributed by atoms with E-state index in [1.54, 1.807) is 0 Å². The van der Waals surface area contributed by atoms with Crippen molar-refractivity contribution in [1.82, 2.24) is 5.43 Å². The molecule has 2 aliphatic rings. The number of ether oxygens (including phenoxy) is 2. The van der Waals surface area contributed by atoms with Crippen LogP contribution in [-0.4, -0.2) is 13.2 Å². The van der Waals surface area contributed by atoms with Crippen molar-refractivity contribution in [2.75, 3.05) is 13.2 Å². The highest BCUT2D eigenvalue weighted by molar-refractivity contribution is 5.44. The second-order valence-electron chi connectivity index (χ2n) is 6.22. The molecule has 1 fully saturated rings. The summed E-state index contributed by atoms with van der Waals surface area (Å²) in [5.74, 6) is 7.55. The third kappa shape index (κ3) is 2.50. The summed E-state index contributed by atoms with van der Waals surface area (Å²) in [6, 6.07) is 6.39. The molecule has 4 nitrogen and oxygen atoms in total. The van der Waals surface area contributed by atoms with Crippen molar-refractivity contribution >= 4 is 0 Å². The predicted octanol–water partition coefficient (Wildman–Crippen LogP) is 2.93. The third-order valence-electron chi connectivity index (χ3n) is 4.71. The zero-order valence-electron chi connectivity index (χ0n) is 12.2. The molecule has 1 unspecified atom stereocenters. The number of hydrazine groups is 1. The molecule has 0 spiro atoms. The van der Waals surface area contributed by atoms with Gasteiger partial charge in [-0.2, -0.15) is 0 Å². The lowest BCUT2D eigenvalue weighted by atomic mass is 9.77. The summed E-state index contributed by atoms with van der Waals surface area (Å²) in [5.41, 5.74) is 4.45.